The van der Waals surface area contributed by atoms with E-state index in [0.29, 0.717) is 22.2 Å². The van der Waals surface area contributed by atoms with Gasteiger partial charge in [0, 0.05) is 24.5 Å². The molecule has 0 radical (unpaired) electrons. The maximum Gasteiger partial charge on any atom is 0.234 e. The van der Waals surface area contributed by atoms with Crippen molar-refractivity contribution in [3.8, 4) is 11.5 Å². The fourth-order valence-electron chi connectivity index (χ4n) is 2.30. The molecule has 0 spiro atoms. The summed E-state index contributed by atoms with van der Waals surface area (Å²) in [6.45, 7) is 1.49. The lowest BCUT2D eigenvalue weighted by Gasteiger charge is -2.06. The number of hydrogen-bond donors (Lipinski definition) is 1. The van der Waals surface area contributed by atoms with Gasteiger partial charge in [-0.25, -0.2) is 0 Å². The number of nitrogens with zero attached hydrogens (tertiary/aromatic N) is 4. The van der Waals surface area contributed by atoms with Crippen LogP contribution in [0, 0.1) is 0 Å². The molecule has 0 saturated carbocycles. The highest BCUT2D eigenvalue weighted by Gasteiger charge is 2.13. The third-order valence-electron chi connectivity index (χ3n) is 3.61. The summed E-state index contributed by atoms with van der Waals surface area (Å²) < 4.78 is 1.80. The van der Waals surface area contributed by atoms with E-state index < -0.39 is 0 Å². The largest absolute Gasteiger partial charge is 0.325 e. The Balaban J connectivity index is 1.63. The minimum atomic E-state index is -0.182. The maximum absolute atomic E-state index is 12.2. The van der Waals surface area contributed by atoms with Crippen molar-refractivity contribution in [2.45, 2.75) is 12.1 Å². The number of rotatable bonds is 6. The molecule has 0 atom stereocenters. The Kier molecular flexibility index (Phi) is 5.43. The van der Waals surface area contributed by atoms with E-state index in [4.69, 9.17) is 0 Å². The zero-order chi connectivity index (χ0) is 18.5. The second kappa shape index (κ2) is 7.92. The van der Waals surface area contributed by atoms with E-state index in [2.05, 4.69) is 20.5 Å². The summed E-state index contributed by atoms with van der Waals surface area (Å²) in [6.07, 6.45) is 1.69. The standard InChI is InChI=1S/C18H17N5O2S/c1-12(24)13-6-5-7-14(10-13)20-16(25)11-26-18-22-21-17(23(18)2)15-8-3-4-9-19-15/h3-10H,11H2,1-2H3,(H,20,25). The summed E-state index contributed by atoms with van der Waals surface area (Å²) in [7, 11) is 1.83. The zero-order valence-corrected chi connectivity index (χ0v) is 15.2. The van der Waals surface area contributed by atoms with Gasteiger partial charge in [0.25, 0.3) is 0 Å². The highest BCUT2D eigenvalue weighted by atomic mass is 32.2. The quantitative estimate of drug-likeness (QED) is 0.532. The third-order valence-corrected chi connectivity index (χ3v) is 4.63. The van der Waals surface area contributed by atoms with E-state index in [1.165, 1.54) is 18.7 Å². The van der Waals surface area contributed by atoms with E-state index in [9.17, 15) is 9.59 Å². The number of Topliss-reactive ketones (excluding diaryl/α,β-unsaturated/α-hetero) is 1. The number of benzene rings is 1. The molecule has 0 bridgehead atoms. The van der Waals surface area contributed by atoms with Crippen molar-refractivity contribution < 1.29 is 9.59 Å². The topological polar surface area (TPSA) is 89.8 Å². The second-order valence-electron chi connectivity index (χ2n) is 5.55. The van der Waals surface area contributed by atoms with Crippen LogP contribution in [0.2, 0.25) is 0 Å². The normalized spacial score (nSPS) is 10.5. The van der Waals surface area contributed by atoms with Gasteiger partial charge in [-0.2, -0.15) is 0 Å². The Hall–Kier alpha value is -3.00. The summed E-state index contributed by atoms with van der Waals surface area (Å²) in [5.74, 6) is 0.593. The molecular formula is C18H17N5O2S. The van der Waals surface area contributed by atoms with Gasteiger partial charge < -0.3 is 9.88 Å². The van der Waals surface area contributed by atoms with Crippen LogP contribution < -0.4 is 5.32 Å². The number of carbonyl (C=O) groups excluding carboxylic acids is 2. The van der Waals surface area contributed by atoms with Crippen molar-refractivity contribution in [2.75, 3.05) is 11.1 Å². The van der Waals surface area contributed by atoms with Gasteiger partial charge in [0.05, 0.1) is 5.75 Å². The molecule has 0 aliphatic heterocycles. The minimum Gasteiger partial charge on any atom is -0.325 e. The number of thioether (sulfide) groups is 1. The fraction of sp³-hybridized carbons (Fsp3) is 0.167. The highest BCUT2D eigenvalue weighted by Crippen LogP contribution is 2.21. The van der Waals surface area contributed by atoms with Crippen LogP contribution in [0.25, 0.3) is 11.5 Å². The van der Waals surface area contributed by atoms with Crippen molar-refractivity contribution in [1.82, 2.24) is 19.7 Å². The van der Waals surface area contributed by atoms with Crippen molar-refractivity contribution in [2.24, 2.45) is 7.05 Å². The first-order chi connectivity index (χ1) is 12.5. The van der Waals surface area contributed by atoms with Gasteiger partial charge in [-0.3, -0.25) is 14.6 Å². The van der Waals surface area contributed by atoms with Crippen molar-refractivity contribution in [3.05, 3.63) is 54.2 Å². The summed E-state index contributed by atoms with van der Waals surface area (Å²) in [5, 5.41) is 11.7. The lowest BCUT2D eigenvalue weighted by Crippen LogP contribution is -2.14. The number of carbonyl (C=O) groups is 2. The van der Waals surface area contributed by atoms with Crippen LogP contribution in [0.1, 0.15) is 17.3 Å². The number of ketones is 1. The summed E-state index contributed by atoms with van der Waals surface area (Å²) in [5.41, 5.74) is 1.87. The van der Waals surface area contributed by atoms with Crippen LogP contribution in [-0.2, 0) is 11.8 Å². The van der Waals surface area contributed by atoms with Crippen LogP contribution >= 0.6 is 11.8 Å². The predicted octanol–water partition coefficient (Wildman–Crippen LogP) is 2.81. The van der Waals surface area contributed by atoms with Crippen LogP contribution in [-0.4, -0.2) is 37.2 Å². The number of aromatic nitrogens is 4. The molecule has 132 valence electrons. The Morgan fingerprint density at radius 2 is 2.00 bits per heavy atom. The monoisotopic (exact) mass is 367 g/mol. The van der Waals surface area contributed by atoms with E-state index in [0.717, 1.165) is 5.69 Å². The number of nitrogens with one attached hydrogen (secondary N) is 1. The molecule has 7 nitrogen and oxygen atoms in total. The molecule has 1 N–H and O–H groups in total. The van der Waals surface area contributed by atoms with Gasteiger partial charge in [0.2, 0.25) is 5.91 Å². The van der Waals surface area contributed by atoms with Gasteiger partial charge in [-0.1, -0.05) is 30.0 Å². The van der Waals surface area contributed by atoms with E-state index in [1.807, 2.05) is 25.2 Å². The Labute approximate surface area is 154 Å². The molecule has 3 rings (SSSR count). The molecule has 26 heavy (non-hydrogen) atoms. The number of anilines is 1. The minimum absolute atomic E-state index is 0.0448. The highest BCUT2D eigenvalue weighted by molar-refractivity contribution is 7.99. The van der Waals surface area contributed by atoms with E-state index in [1.54, 1.807) is 35.0 Å². The molecule has 0 unspecified atom stereocenters. The lowest BCUT2D eigenvalue weighted by molar-refractivity contribution is -0.113. The van der Waals surface area contributed by atoms with Crippen molar-refractivity contribution >= 4 is 29.1 Å². The van der Waals surface area contributed by atoms with Crippen molar-refractivity contribution in [3.63, 3.8) is 0 Å². The van der Waals surface area contributed by atoms with E-state index >= 15 is 0 Å². The van der Waals surface area contributed by atoms with Gasteiger partial charge in [0.15, 0.2) is 16.8 Å². The lowest BCUT2D eigenvalue weighted by atomic mass is 10.1. The Morgan fingerprint density at radius 1 is 1.15 bits per heavy atom. The molecule has 0 fully saturated rings. The molecule has 3 aromatic rings. The second-order valence-corrected chi connectivity index (χ2v) is 6.50. The number of hydrogen-bond acceptors (Lipinski definition) is 6. The molecule has 2 aromatic heterocycles. The van der Waals surface area contributed by atoms with Gasteiger partial charge >= 0.3 is 0 Å². The molecule has 0 aliphatic rings. The fourth-order valence-corrected chi connectivity index (χ4v) is 3.01. The van der Waals surface area contributed by atoms with Crippen LogP contribution in [0.4, 0.5) is 5.69 Å². The SMILES string of the molecule is CC(=O)c1cccc(NC(=O)CSc2nnc(-c3ccccn3)n2C)c1. The molecule has 1 amide bonds. The number of amides is 1. The first kappa shape index (κ1) is 17.8. The molecular weight excluding hydrogens is 350 g/mol. The molecule has 0 saturated heterocycles. The van der Waals surface area contributed by atoms with Crippen LogP contribution in [0.5, 0.6) is 0 Å². The van der Waals surface area contributed by atoms with Gasteiger partial charge in [0.1, 0.15) is 5.69 Å². The molecule has 8 heteroatoms. The molecule has 1 aromatic carbocycles. The number of pyridine rings is 1. The van der Waals surface area contributed by atoms with E-state index in [-0.39, 0.29) is 17.4 Å². The van der Waals surface area contributed by atoms with Crippen LogP contribution in [0.15, 0.2) is 53.8 Å². The smallest absolute Gasteiger partial charge is 0.234 e. The average Bonchev–Trinajstić information content (AvgIpc) is 3.01. The maximum atomic E-state index is 12.2. The summed E-state index contributed by atoms with van der Waals surface area (Å²) >= 11 is 1.28. The van der Waals surface area contributed by atoms with Crippen molar-refractivity contribution in [1.29, 1.82) is 0 Å². The van der Waals surface area contributed by atoms with Crippen LogP contribution in [0.3, 0.4) is 0 Å². The average molecular weight is 367 g/mol. The molecule has 0 aliphatic carbocycles. The third kappa shape index (κ3) is 4.15. The van der Waals surface area contributed by atoms with Gasteiger partial charge in [-0.15, -0.1) is 10.2 Å². The predicted molar refractivity (Wildman–Crippen MR) is 100 cm³/mol. The van der Waals surface area contributed by atoms with Gasteiger partial charge in [-0.05, 0) is 31.2 Å². The Morgan fingerprint density at radius 3 is 2.73 bits per heavy atom. The Bertz CT molecular complexity index is 940. The molecule has 2 heterocycles. The summed E-state index contributed by atoms with van der Waals surface area (Å²) in [6, 6.07) is 12.4. The first-order valence-corrected chi connectivity index (χ1v) is 8.87. The summed E-state index contributed by atoms with van der Waals surface area (Å²) in [4.78, 5) is 27.8. The zero-order valence-electron chi connectivity index (χ0n) is 14.3. The first-order valence-electron chi connectivity index (χ1n) is 7.89.